The van der Waals surface area contributed by atoms with Crippen LogP contribution in [-0.2, 0) is 20.9 Å². The number of benzene rings is 2. The molecular formula is C23H27N5O6. The van der Waals surface area contributed by atoms with Gasteiger partial charge in [0.05, 0.1) is 24.4 Å². The number of amides is 2. The summed E-state index contributed by atoms with van der Waals surface area (Å²) in [5.74, 6) is -1.06. The van der Waals surface area contributed by atoms with Crippen molar-refractivity contribution in [2.24, 2.45) is 5.10 Å². The van der Waals surface area contributed by atoms with Crippen LogP contribution in [0.15, 0.2) is 53.6 Å². The maximum absolute atomic E-state index is 11.9. The van der Waals surface area contributed by atoms with Gasteiger partial charge in [-0.2, -0.15) is 5.10 Å². The molecule has 2 aromatic carbocycles. The van der Waals surface area contributed by atoms with E-state index in [1.807, 2.05) is 12.1 Å². The quantitative estimate of drug-likeness (QED) is 0.177. The third kappa shape index (κ3) is 8.26. The molecule has 2 aromatic rings. The number of non-ortho nitro benzene ring substituents is 1. The summed E-state index contributed by atoms with van der Waals surface area (Å²) in [6.07, 6.45) is 2.18. The lowest BCUT2D eigenvalue weighted by Crippen LogP contribution is -2.40. The fourth-order valence-corrected chi connectivity index (χ4v) is 3.22. The van der Waals surface area contributed by atoms with Crippen molar-refractivity contribution in [3.63, 3.8) is 0 Å². The lowest BCUT2D eigenvalue weighted by molar-refractivity contribution is -0.384. The monoisotopic (exact) mass is 469 g/mol. The predicted molar refractivity (Wildman–Crippen MR) is 124 cm³/mol. The van der Waals surface area contributed by atoms with Crippen molar-refractivity contribution >= 4 is 23.7 Å². The van der Waals surface area contributed by atoms with Crippen molar-refractivity contribution in [1.82, 2.24) is 15.6 Å². The highest BCUT2D eigenvalue weighted by atomic mass is 16.6. The van der Waals surface area contributed by atoms with Crippen LogP contribution in [0.1, 0.15) is 17.5 Å². The molecule has 0 saturated carbocycles. The molecule has 1 heterocycles. The van der Waals surface area contributed by atoms with Gasteiger partial charge in [-0.15, -0.1) is 0 Å². The average Bonchev–Trinajstić information content (AvgIpc) is 2.86. The summed E-state index contributed by atoms with van der Waals surface area (Å²) in [4.78, 5) is 36.3. The Balaban J connectivity index is 1.38. The Morgan fingerprint density at radius 1 is 1.15 bits per heavy atom. The minimum Gasteiger partial charge on any atom is -0.489 e. The zero-order chi connectivity index (χ0) is 24.2. The van der Waals surface area contributed by atoms with Crippen LogP contribution < -0.4 is 15.5 Å². The molecule has 180 valence electrons. The smallest absolute Gasteiger partial charge is 0.329 e. The van der Waals surface area contributed by atoms with E-state index in [0.29, 0.717) is 17.9 Å². The molecule has 0 aromatic heterocycles. The summed E-state index contributed by atoms with van der Waals surface area (Å²) < 4.78 is 10.9. The second-order valence-electron chi connectivity index (χ2n) is 7.55. The largest absolute Gasteiger partial charge is 0.489 e. The number of morpholine rings is 1. The number of hydrogen-bond donors (Lipinski definition) is 2. The Morgan fingerprint density at radius 2 is 1.91 bits per heavy atom. The van der Waals surface area contributed by atoms with Gasteiger partial charge < -0.3 is 14.8 Å². The molecule has 0 spiro atoms. The Kier molecular flexibility index (Phi) is 9.50. The standard InChI is InChI=1S/C23H27N5O6/c29-22(24-9-2-10-27-11-13-33-14-12-27)23(30)26-25-16-18-3-1-4-19(15-18)17-34-21-7-5-20(6-8-21)28(31)32/h1,3-8,15-16H,2,9-14,17H2,(H,24,29)(H,26,30)/b25-16+. The summed E-state index contributed by atoms with van der Waals surface area (Å²) >= 11 is 0. The van der Waals surface area contributed by atoms with Crippen molar-refractivity contribution in [1.29, 1.82) is 0 Å². The van der Waals surface area contributed by atoms with E-state index in [1.54, 1.807) is 12.1 Å². The van der Waals surface area contributed by atoms with Crippen LogP contribution in [0, 0.1) is 10.1 Å². The van der Waals surface area contributed by atoms with Crippen LogP contribution in [-0.4, -0.2) is 67.2 Å². The van der Waals surface area contributed by atoms with Gasteiger partial charge >= 0.3 is 11.8 Å². The van der Waals surface area contributed by atoms with Crippen LogP contribution >= 0.6 is 0 Å². The molecule has 0 atom stereocenters. The highest BCUT2D eigenvalue weighted by Crippen LogP contribution is 2.18. The zero-order valence-electron chi connectivity index (χ0n) is 18.6. The fraction of sp³-hybridized carbons (Fsp3) is 0.348. The van der Waals surface area contributed by atoms with Gasteiger partial charge in [0.2, 0.25) is 0 Å². The summed E-state index contributed by atoms with van der Waals surface area (Å²) in [5.41, 5.74) is 3.76. The Bertz CT molecular complexity index is 1010. The first-order valence-corrected chi connectivity index (χ1v) is 10.9. The summed E-state index contributed by atoms with van der Waals surface area (Å²) in [6, 6.07) is 13.1. The van der Waals surface area contributed by atoms with E-state index in [4.69, 9.17) is 9.47 Å². The van der Waals surface area contributed by atoms with E-state index < -0.39 is 16.7 Å². The number of carbonyl (C=O) groups excluding carboxylic acids is 2. The van der Waals surface area contributed by atoms with Gasteiger partial charge in [-0.25, -0.2) is 5.43 Å². The lowest BCUT2D eigenvalue weighted by Gasteiger charge is -2.26. The predicted octanol–water partition coefficient (Wildman–Crippen LogP) is 1.46. The number of hydrogen-bond acceptors (Lipinski definition) is 8. The number of nitrogens with one attached hydrogen (secondary N) is 2. The molecule has 0 aliphatic carbocycles. The Morgan fingerprint density at radius 3 is 2.65 bits per heavy atom. The third-order valence-electron chi connectivity index (χ3n) is 5.03. The van der Waals surface area contributed by atoms with Gasteiger partial charge in [0.15, 0.2) is 0 Å². The fourth-order valence-electron chi connectivity index (χ4n) is 3.22. The zero-order valence-corrected chi connectivity index (χ0v) is 18.6. The van der Waals surface area contributed by atoms with E-state index in [-0.39, 0.29) is 12.3 Å². The molecule has 1 fully saturated rings. The summed E-state index contributed by atoms with van der Waals surface area (Å²) in [6.45, 7) is 4.71. The molecule has 0 radical (unpaired) electrons. The molecule has 0 unspecified atom stereocenters. The molecular weight excluding hydrogens is 442 g/mol. The highest BCUT2D eigenvalue weighted by molar-refractivity contribution is 6.35. The van der Waals surface area contributed by atoms with E-state index in [0.717, 1.165) is 44.8 Å². The minimum absolute atomic E-state index is 0.00530. The number of ether oxygens (including phenoxy) is 2. The summed E-state index contributed by atoms with van der Waals surface area (Å²) in [7, 11) is 0. The number of nitro benzene ring substituents is 1. The Labute approximate surface area is 196 Å². The molecule has 34 heavy (non-hydrogen) atoms. The van der Waals surface area contributed by atoms with E-state index >= 15 is 0 Å². The number of nitro groups is 1. The topological polar surface area (TPSA) is 135 Å². The number of rotatable bonds is 10. The first-order chi connectivity index (χ1) is 16.5. The van der Waals surface area contributed by atoms with Crippen LogP contribution in [0.25, 0.3) is 0 Å². The maximum Gasteiger partial charge on any atom is 0.329 e. The molecule has 1 aliphatic heterocycles. The van der Waals surface area contributed by atoms with Gasteiger partial charge in [0.25, 0.3) is 5.69 Å². The maximum atomic E-state index is 11.9. The molecule has 3 rings (SSSR count). The van der Waals surface area contributed by atoms with Crippen LogP contribution in [0.5, 0.6) is 5.75 Å². The number of nitrogens with zero attached hydrogens (tertiary/aromatic N) is 3. The lowest BCUT2D eigenvalue weighted by atomic mass is 10.1. The van der Waals surface area contributed by atoms with Crippen molar-refractivity contribution in [3.8, 4) is 5.75 Å². The van der Waals surface area contributed by atoms with Crippen molar-refractivity contribution in [2.45, 2.75) is 13.0 Å². The highest BCUT2D eigenvalue weighted by Gasteiger charge is 2.13. The van der Waals surface area contributed by atoms with E-state index in [1.165, 1.54) is 30.5 Å². The molecule has 1 aliphatic rings. The van der Waals surface area contributed by atoms with Gasteiger partial charge in [-0.05, 0) is 42.3 Å². The second kappa shape index (κ2) is 13.0. The van der Waals surface area contributed by atoms with Crippen LogP contribution in [0.3, 0.4) is 0 Å². The molecule has 2 amide bonds. The summed E-state index contributed by atoms with van der Waals surface area (Å²) in [5, 5.41) is 17.1. The molecule has 0 bridgehead atoms. The molecule has 11 nitrogen and oxygen atoms in total. The number of carbonyl (C=O) groups is 2. The van der Waals surface area contributed by atoms with Crippen molar-refractivity contribution < 1.29 is 24.0 Å². The van der Waals surface area contributed by atoms with Crippen LogP contribution in [0.2, 0.25) is 0 Å². The van der Waals surface area contributed by atoms with Gasteiger partial charge in [-0.3, -0.25) is 24.6 Å². The van der Waals surface area contributed by atoms with E-state index in [2.05, 4.69) is 20.7 Å². The normalized spacial score (nSPS) is 14.0. The minimum atomic E-state index is -0.833. The van der Waals surface area contributed by atoms with Crippen molar-refractivity contribution in [2.75, 3.05) is 39.4 Å². The third-order valence-corrected chi connectivity index (χ3v) is 5.03. The SMILES string of the molecule is O=C(NCCCN1CCOCC1)C(=O)N/N=C/c1cccc(COc2ccc([N+](=O)[O-])cc2)c1. The van der Waals surface area contributed by atoms with E-state index in [9.17, 15) is 19.7 Å². The average molecular weight is 469 g/mol. The molecule has 2 N–H and O–H groups in total. The molecule has 1 saturated heterocycles. The first kappa shape index (κ1) is 24.8. The Hall–Kier alpha value is -3.83. The van der Waals surface area contributed by atoms with Crippen LogP contribution in [0.4, 0.5) is 5.69 Å². The molecule has 11 heteroatoms. The van der Waals surface area contributed by atoms with Gasteiger partial charge in [0, 0.05) is 31.8 Å². The number of hydrazone groups is 1. The van der Waals surface area contributed by atoms with Gasteiger partial charge in [-0.1, -0.05) is 18.2 Å². The van der Waals surface area contributed by atoms with Gasteiger partial charge in [0.1, 0.15) is 12.4 Å². The first-order valence-electron chi connectivity index (χ1n) is 10.9. The van der Waals surface area contributed by atoms with Crippen molar-refractivity contribution in [3.05, 3.63) is 69.8 Å². The second-order valence-corrected chi connectivity index (χ2v) is 7.55.